The molecule has 0 spiro atoms. The Hall–Kier alpha value is -1.00. The average Bonchev–Trinajstić information content (AvgIpc) is 2.63. The van der Waals surface area contributed by atoms with Crippen LogP contribution in [0.2, 0.25) is 5.02 Å². The second-order valence-corrected chi connectivity index (χ2v) is 4.83. The number of thiocarbonyl (C=S) groups is 1. The van der Waals surface area contributed by atoms with Crippen LogP contribution in [0.15, 0.2) is 39.9 Å². The summed E-state index contributed by atoms with van der Waals surface area (Å²) in [6.45, 7) is 0.639. The third-order valence-corrected chi connectivity index (χ3v) is 3.00. The van der Waals surface area contributed by atoms with Crippen molar-refractivity contribution in [3.8, 4) is 0 Å². The summed E-state index contributed by atoms with van der Waals surface area (Å²) in [7, 11) is 0. The number of benzene rings is 1. The van der Waals surface area contributed by atoms with Gasteiger partial charge in [0.15, 0.2) is 0 Å². The van der Waals surface area contributed by atoms with E-state index in [4.69, 9.17) is 11.6 Å². The molecule has 2 aromatic rings. The van der Waals surface area contributed by atoms with Gasteiger partial charge < -0.3 is 0 Å². The molecule has 0 atom stereocenters. The van der Waals surface area contributed by atoms with E-state index in [9.17, 15) is 0 Å². The van der Waals surface area contributed by atoms with Gasteiger partial charge in [-0.15, -0.1) is 0 Å². The maximum atomic E-state index is 5.94. The van der Waals surface area contributed by atoms with Gasteiger partial charge in [0.1, 0.15) is 5.02 Å². The van der Waals surface area contributed by atoms with E-state index >= 15 is 0 Å². The van der Waals surface area contributed by atoms with Crippen molar-refractivity contribution >= 4 is 50.7 Å². The van der Waals surface area contributed by atoms with Gasteiger partial charge in [-0.1, -0.05) is 39.7 Å². The fourth-order valence-electron chi connectivity index (χ4n) is 1.36. The quantitative estimate of drug-likeness (QED) is 0.628. The van der Waals surface area contributed by atoms with Gasteiger partial charge in [0.05, 0.1) is 11.7 Å². The highest BCUT2D eigenvalue weighted by molar-refractivity contribution is 9.10. The van der Waals surface area contributed by atoms with E-state index in [2.05, 4.69) is 43.4 Å². The molecule has 0 fully saturated rings. The number of hydrogen-bond donors (Lipinski definition) is 0. The third kappa shape index (κ3) is 3.23. The Morgan fingerprint density at radius 1 is 1.41 bits per heavy atom. The summed E-state index contributed by atoms with van der Waals surface area (Å²) >= 11 is 13.9. The Bertz CT molecular complexity index is 573. The van der Waals surface area contributed by atoms with E-state index < -0.39 is 0 Å². The van der Waals surface area contributed by atoms with Crippen LogP contribution in [0.3, 0.4) is 0 Å². The average molecular weight is 329 g/mol. The molecule has 17 heavy (non-hydrogen) atoms. The van der Waals surface area contributed by atoms with Gasteiger partial charge in [-0.3, -0.25) is 4.68 Å². The van der Waals surface area contributed by atoms with E-state index in [1.54, 1.807) is 10.9 Å². The molecule has 0 aliphatic rings. The molecule has 2 rings (SSSR count). The van der Waals surface area contributed by atoms with Crippen molar-refractivity contribution in [2.24, 2.45) is 4.99 Å². The number of aromatic nitrogens is 2. The van der Waals surface area contributed by atoms with Gasteiger partial charge in [-0.2, -0.15) is 10.1 Å². The Labute approximate surface area is 117 Å². The minimum atomic E-state index is 0.402. The standard InChI is InChI=1S/C11H7BrClN3S/c12-9-3-1-8(2-4-9)5-16-6-10(13)11(15-16)14-7-17/h1-4,6H,5H2. The second-order valence-electron chi connectivity index (χ2n) is 3.33. The molecular weight excluding hydrogens is 322 g/mol. The number of rotatable bonds is 3. The second kappa shape index (κ2) is 5.56. The molecule has 0 aliphatic carbocycles. The molecule has 86 valence electrons. The summed E-state index contributed by atoms with van der Waals surface area (Å²) in [5, 5.41) is 6.92. The van der Waals surface area contributed by atoms with Gasteiger partial charge in [0.2, 0.25) is 5.82 Å². The van der Waals surface area contributed by atoms with Crippen LogP contribution in [0, 0.1) is 0 Å². The van der Waals surface area contributed by atoms with E-state index in [0.29, 0.717) is 17.4 Å². The first-order valence-corrected chi connectivity index (χ1v) is 6.32. The Morgan fingerprint density at radius 3 is 2.76 bits per heavy atom. The first-order chi connectivity index (χ1) is 8.19. The summed E-state index contributed by atoms with van der Waals surface area (Å²) in [5.74, 6) is 0.402. The van der Waals surface area contributed by atoms with Crippen LogP contribution in [0.5, 0.6) is 0 Å². The van der Waals surface area contributed by atoms with Gasteiger partial charge >= 0.3 is 0 Å². The van der Waals surface area contributed by atoms with E-state index in [1.165, 1.54) is 0 Å². The molecule has 0 radical (unpaired) electrons. The summed E-state index contributed by atoms with van der Waals surface area (Å²) in [5.41, 5.74) is 1.13. The maximum Gasteiger partial charge on any atom is 0.202 e. The molecule has 0 N–H and O–H groups in total. The van der Waals surface area contributed by atoms with Crippen molar-refractivity contribution in [1.29, 1.82) is 0 Å². The molecule has 1 heterocycles. The number of nitrogens with zero attached hydrogens (tertiary/aromatic N) is 3. The van der Waals surface area contributed by atoms with Gasteiger partial charge in [0, 0.05) is 10.7 Å². The summed E-state index contributed by atoms with van der Waals surface area (Å²) < 4.78 is 2.77. The zero-order valence-electron chi connectivity index (χ0n) is 8.60. The zero-order chi connectivity index (χ0) is 12.3. The Balaban J connectivity index is 2.21. The lowest BCUT2D eigenvalue weighted by Crippen LogP contribution is -1.99. The third-order valence-electron chi connectivity index (χ3n) is 2.11. The first-order valence-electron chi connectivity index (χ1n) is 4.74. The summed E-state index contributed by atoms with van der Waals surface area (Å²) in [6, 6.07) is 8.00. The largest absolute Gasteiger partial charge is 0.265 e. The minimum Gasteiger partial charge on any atom is -0.265 e. The summed E-state index contributed by atoms with van der Waals surface area (Å²) in [4.78, 5) is 3.78. The molecule has 6 heteroatoms. The van der Waals surface area contributed by atoms with E-state index in [1.807, 2.05) is 24.3 Å². The molecular formula is C11H7BrClN3S. The summed E-state index contributed by atoms with van der Waals surface area (Å²) in [6.07, 6.45) is 1.72. The molecule has 0 saturated carbocycles. The van der Waals surface area contributed by atoms with Crippen LogP contribution < -0.4 is 0 Å². The minimum absolute atomic E-state index is 0.402. The molecule has 0 bridgehead atoms. The van der Waals surface area contributed by atoms with Crippen LogP contribution in [-0.4, -0.2) is 14.9 Å². The highest BCUT2D eigenvalue weighted by Gasteiger charge is 2.05. The lowest BCUT2D eigenvalue weighted by atomic mass is 10.2. The van der Waals surface area contributed by atoms with Gasteiger partial charge in [0.25, 0.3) is 0 Å². The Morgan fingerprint density at radius 2 is 2.12 bits per heavy atom. The van der Waals surface area contributed by atoms with Crippen LogP contribution >= 0.6 is 39.7 Å². The number of halogens is 2. The molecule has 1 aromatic carbocycles. The SMILES string of the molecule is S=C=Nc1nn(Cc2ccc(Br)cc2)cc1Cl. The number of hydrogen-bond acceptors (Lipinski definition) is 3. The van der Waals surface area contributed by atoms with E-state index in [-0.39, 0.29) is 0 Å². The van der Waals surface area contributed by atoms with Crippen molar-refractivity contribution in [2.45, 2.75) is 6.54 Å². The fourth-order valence-corrected chi connectivity index (χ4v) is 1.91. The van der Waals surface area contributed by atoms with Crippen LogP contribution in [0.25, 0.3) is 0 Å². The molecule has 1 aromatic heterocycles. The topological polar surface area (TPSA) is 30.2 Å². The number of isothiocyanates is 1. The van der Waals surface area contributed by atoms with Crippen LogP contribution in [0.1, 0.15) is 5.56 Å². The smallest absolute Gasteiger partial charge is 0.202 e. The van der Waals surface area contributed by atoms with E-state index in [0.717, 1.165) is 10.0 Å². The molecule has 0 amide bonds. The monoisotopic (exact) mass is 327 g/mol. The Kier molecular flexibility index (Phi) is 4.07. The predicted molar refractivity (Wildman–Crippen MR) is 75.2 cm³/mol. The van der Waals surface area contributed by atoms with Crippen molar-refractivity contribution < 1.29 is 0 Å². The molecule has 0 saturated heterocycles. The van der Waals surface area contributed by atoms with Crippen LogP contribution in [0.4, 0.5) is 5.82 Å². The molecule has 0 unspecified atom stereocenters. The lowest BCUT2D eigenvalue weighted by Gasteiger charge is -2.01. The van der Waals surface area contributed by atoms with Crippen molar-refractivity contribution in [2.75, 3.05) is 0 Å². The predicted octanol–water partition coefficient (Wildman–Crippen LogP) is 4.08. The normalized spacial score (nSPS) is 10.0. The fraction of sp³-hybridized carbons (Fsp3) is 0.0909. The maximum absolute atomic E-state index is 5.94. The highest BCUT2D eigenvalue weighted by atomic mass is 79.9. The van der Waals surface area contributed by atoms with Crippen molar-refractivity contribution in [1.82, 2.24) is 9.78 Å². The van der Waals surface area contributed by atoms with Crippen molar-refractivity contribution in [3.63, 3.8) is 0 Å². The lowest BCUT2D eigenvalue weighted by molar-refractivity contribution is 0.688. The first kappa shape index (κ1) is 12.5. The van der Waals surface area contributed by atoms with Crippen LogP contribution in [-0.2, 0) is 6.54 Å². The van der Waals surface area contributed by atoms with Gasteiger partial charge in [-0.05, 0) is 29.9 Å². The van der Waals surface area contributed by atoms with Gasteiger partial charge in [-0.25, -0.2) is 0 Å². The van der Waals surface area contributed by atoms with Crippen molar-refractivity contribution in [3.05, 3.63) is 45.5 Å². The molecule has 3 nitrogen and oxygen atoms in total. The number of aliphatic imine (C=N–C) groups is 1. The zero-order valence-corrected chi connectivity index (χ0v) is 11.8. The highest BCUT2D eigenvalue weighted by Crippen LogP contribution is 2.22. The molecule has 0 aliphatic heterocycles.